The number of nitrogens with zero attached hydrogens (tertiary/aromatic N) is 2. The summed E-state index contributed by atoms with van der Waals surface area (Å²) in [5.41, 5.74) is 2.74. The van der Waals surface area contributed by atoms with E-state index in [0.29, 0.717) is 35.2 Å². The summed E-state index contributed by atoms with van der Waals surface area (Å²) in [6.45, 7) is 0.490. The Kier molecular flexibility index (Phi) is 4.53. The lowest BCUT2D eigenvalue weighted by Gasteiger charge is -2.17. The van der Waals surface area contributed by atoms with Gasteiger partial charge in [0.2, 0.25) is 15.9 Å². The van der Waals surface area contributed by atoms with Gasteiger partial charge in [-0.2, -0.15) is 0 Å². The van der Waals surface area contributed by atoms with Crippen molar-refractivity contribution < 1.29 is 13.2 Å². The van der Waals surface area contributed by atoms with Gasteiger partial charge < -0.3 is 10.3 Å². The minimum Gasteiger partial charge on any atom is -0.342 e. The number of aromatic amines is 1. The number of anilines is 2. The number of nitrogens with one attached hydrogen (secondary N) is 2. The molecule has 1 aromatic heterocycles. The number of sulfonamides is 1. The van der Waals surface area contributed by atoms with Crippen molar-refractivity contribution in [3.05, 3.63) is 53.3 Å². The fourth-order valence-corrected chi connectivity index (χ4v) is 4.85. The molecule has 2 N–H and O–H groups in total. The molecule has 2 heterocycles. The first kappa shape index (κ1) is 17.8. The van der Waals surface area contributed by atoms with Crippen LogP contribution in [-0.2, 0) is 21.2 Å². The van der Waals surface area contributed by atoms with Crippen LogP contribution in [0.15, 0.2) is 42.5 Å². The van der Waals surface area contributed by atoms with E-state index in [4.69, 9.17) is 11.6 Å². The predicted octanol–water partition coefficient (Wildman–Crippen LogP) is 2.94. The highest BCUT2D eigenvalue weighted by Crippen LogP contribution is 2.25. The Morgan fingerprint density at radius 1 is 1.22 bits per heavy atom. The number of imidazole rings is 1. The van der Waals surface area contributed by atoms with Crippen LogP contribution >= 0.6 is 11.6 Å². The van der Waals surface area contributed by atoms with E-state index in [9.17, 15) is 13.2 Å². The second kappa shape index (κ2) is 6.86. The first-order chi connectivity index (χ1) is 12.9. The van der Waals surface area contributed by atoms with Gasteiger partial charge in [-0.1, -0.05) is 11.6 Å². The summed E-state index contributed by atoms with van der Waals surface area (Å²) >= 11 is 5.95. The molecule has 0 unspecified atom stereocenters. The minimum atomic E-state index is -3.21. The summed E-state index contributed by atoms with van der Waals surface area (Å²) in [6, 6.07) is 12.1. The molecule has 1 fully saturated rings. The second-order valence-electron chi connectivity index (χ2n) is 6.36. The number of benzene rings is 2. The number of carbonyl (C=O) groups excluding carboxylic acids is 1. The van der Waals surface area contributed by atoms with E-state index in [1.165, 1.54) is 4.31 Å². The molecular formula is C18H17ClN4O3S. The Morgan fingerprint density at radius 3 is 2.70 bits per heavy atom. The highest BCUT2D eigenvalue weighted by molar-refractivity contribution is 7.93. The molecule has 0 radical (unpaired) electrons. The third-order valence-electron chi connectivity index (χ3n) is 4.36. The number of fused-ring (bicyclic) bond motifs is 1. The molecule has 0 aliphatic carbocycles. The van der Waals surface area contributed by atoms with Crippen LogP contribution in [0.5, 0.6) is 0 Å². The zero-order chi connectivity index (χ0) is 19.0. The fraction of sp³-hybridized carbons (Fsp3) is 0.222. The molecule has 0 saturated carbocycles. The lowest BCUT2D eigenvalue weighted by Crippen LogP contribution is -2.25. The van der Waals surface area contributed by atoms with Crippen LogP contribution in [0.3, 0.4) is 0 Å². The molecule has 0 atom stereocenters. The number of aromatic nitrogens is 2. The maximum Gasteiger partial charge on any atom is 0.235 e. The quantitative estimate of drug-likeness (QED) is 0.698. The molecule has 3 aromatic rings. The highest BCUT2D eigenvalue weighted by atomic mass is 35.5. The number of H-pyrrole nitrogens is 1. The van der Waals surface area contributed by atoms with Crippen molar-refractivity contribution >= 4 is 49.9 Å². The predicted molar refractivity (Wildman–Crippen MR) is 106 cm³/mol. The first-order valence-electron chi connectivity index (χ1n) is 8.45. The summed E-state index contributed by atoms with van der Waals surface area (Å²) in [5, 5.41) is 3.39. The van der Waals surface area contributed by atoms with E-state index >= 15 is 0 Å². The van der Waals surface area contributed by atoms with Gasteiger partial charge in [0, 0.05) is 17.3 Å². The van der Waals surface area contributed by atoms with Gasteiger partial charge >= 0.3 is 0 Å². The van der Waals surface area contributed by atoms with Crippen molar-refractivity contribution in [1.29, 1.82) is 0 Å². The van der Waals surface area contributed by atoms with Crippen molar-refractivity contribution in [3.8, 4) is 0 Å². The van der Waals surface area contributed by atoms with Crippen molar-refractivity contribution in [2.45, 2.75) is 12.8 Å². The average molecular weight is 405 g/mol. The molecule has 4 rings (SSSR count). The normalized spacial score (nSPS) is 16.0. The molecule has 27 heavy (non-hydrogen) atoms. The summed E-state index contributed by atoms with van der Waals surface area (Å²) in [4.78, 5) is 19.7. The largest absolute Gasteiger partial charge is 0.342 e. The standard InChI is InChI=1S/C18H17ClN4O3S/c19-12-2-7-15-16(10-12)22-17(21-15)11-18(24)20-13-3-5-14(6-4-13)23-8-1-9-27(23,25)26/h2-7,10H,1,8-9,11H2,(H,20,24)(H,21,22). The molecule has 1 aliphatic heterocycles. The molecule has 140 valence electrons. The molecular weight excluding hydrogens is 388 g/mol. The monoisotopic (exact) mass is 404 g/mol. The van der Waals surface area contributed by atoms with Crippen LogP contribution in [0, 0.1) is 0 Å². The first-order valence-corrected chi connectivity index (χ1v) is 10.4. The third-order valence-corrected chi connectivity index (χ3v) is 6.46. The molecule has 1 aliphatic rings. The van der Waals surface area contributed by atoms with Crippen molar-refractivity contribution in [3.63, 3.8) is 0 Å². The molecule has 7 nitrogen and oxygen atoms in total. The summed E-state index contributed by atoms with van der Waals surface area (Å²) in [6.07, 6.45) is 0.720. The van der Waals surface area contributed by atoms with Crippen LogP contribution in [0.4, 0.5) is 11.4 Å². The van der Waals surface area contributed by atoms with E-state index < -0.39 is 10.0 Å². The van der Waals surface area contributed by atoms with Gasteiger partial charge in [0.15, 0.2) is 0 Å². The van der Waals surface area contributed by atoms with Gasteiger partial charge in [-0.25, -0.2) is 13.4 Å². The van der Waals surface area contributed by atoms with E-state index in [2.05, 4.69) is 15.3 Å². The lowest BCUT2D eigenvalue weighted by molar-refractivity contribution is -0.115. The molecule has 1 saturated heterocycles. The summed E-state index contributed by atoms with van der Waals surface area (Å²) in [5.74, 6) is 0.500. The number of halogens is 1. The van der Waals surface area contributed by atoms with Crippen LogP contribution in [-0.4, -0.2) is 36.6 Å². The smallest absolute Gasteiger partial charge is 0.235 e. The van der Waals surface area contributed by atoms with Crippen molar-refractivity contribution in [1.82, 2.24) is 9.97 Å². The second-order valence-corrected chi connectivity index (χ2v) is 8.81. The van der Waals surface area contributed by atoms with Gasteiger partial charge in [-0.15, -0.1) is 0 Å². The molecule has 9 heteroatoms. The Morgan fingerprint density at radius 2 is 2.00 bits per heavy atom. The third kappa shape index (κ3) is 3.77. The van der Waals surface area contributed by atoms with Crippen molar-refractivity contribution in [2.24, 2.45) is 0 Å². The van der Waals surface area contributed by atoms with Gasteiger partial charge in [-0.05, 0) is 48.9 Å². The van der Waals surface area contributed by atoms with Crippen LogP contribution < -0.4 is 9.62 Å². The Hall–Kier alpha value is -2.58. The molecule has 0 spiro atoms. The maximum atomic E-state index is 12.3. The number of rotatable bonds is 4. The van der Waals surface area contributed by atoms with Crippen LogP contribution in [0.25, 0.3) is 11.0 Å². The highest BCUT2D eigenvalue weighted by Gasteiger charge is 2.28. The maximum absolute atomic E-state index is 12.3. The Balaban J connectivity index is 1.43. The number of hydrogen-bond donors (Lipinski definition) is 2. The Labute approximate surface area is 161 Å². The summed E-state index contributed by atoms with van der Waals surface area (Å²) in [7, 11) is -3.21. The van der Waals surface area contributed by atoms with E-state index in [1.807, 2.05) is 0 Å². The minimum absolute atomic E-state index is 0.0918. The summed E-state index contributed by atoms with van der Waals surface area (Å²) < 4.78 is 25.3. The number of carbonyl (C=O) groups is 1. The van der Waals surface area contributed by atoms with E-state index in [-0.39, 0.29) is 18.1 Å². The van der Waals surface area contributed by atoms with Crippen molar-refractivity contribution in [2.75, 3.05) is 21.9 Å². The van der Waals surface area contributed by atoms with Gasteiger partial charge in [0.1, 0.15) is 5.82 Å². The Bertz CT molecular complexity index is 1110. The van der Waals surface area contributed by atoms with Gasteiger partial charge in [0.05, 0.1) is 28.9 Å². The SMILES string of the molecule is O=C(Cc1nc2ccc(Cl)cc2[nH]1)Nc1ccc(N2CCCS2(=O)=O)cc1. The van der Waals surface area contributed by atoms with E-state index in [0.717, 1.165) is 11.0 Å². The molecule has 1 amide bonds. The van der Waals surface area contributed by atoms with Gasteiger partial charge in [0.25, 0.3) is 0 Å². The topological polar surface area (TPSA) is 95.2 Å². The number of hydrogen-bond acceptors (Lipinski definition) is 4. The number of amides is 1. The molecule has 0 bridgehead atoms. The fourth-order valence-electron chi connectivity index (χ4n) is 3.12. The van der Waals surface area contributed by atoms with Gasteiger partial charge in [-0.3, -0.25) is 9.10 Å². The zero-order valence-electron chi connectivity index (χ0n) is 14.3. The van der Waals surface area contributed by atoms with Crippen LogP contribution in [0.2, 0.25) is 5.02 Å². The molecule has 2 aromatic carbocycles. The zero-order valence-corrected chi connectivity index (χ0v) is 15.8. The lowest BCUT2D eigenvalue weighted by atomic mass is 10.2. The van der Waals surface area contributed by atoms with Crippen LogP contribution in [0.1, 0.15) is 12.2 Å². The van der Waals surface area contributed by atoms with E-state index in [1.54, 1.807) is 42.5 Å². The average Bonchev–Trinajstić information content (AvgIpc) is 3.17.